The Balaban J connectivity index is 1.20. The molecule has 12 nitrogen and oxygen atoms in total. The molecule has 0 spiro atoms. The lowest BCUT2D eigenvalue weighted by Gasteiger charge is -2.41. The van der Waals surface area contributed by atoms with E-state index in [0.717, 1.165) is 11.1 Å². The molecule has 2 aromatic rings. The van der Waals surface area contributed by atoms with Crippen molar-refractivity contribution in [1.82, 2.24) is 0 Å². The molecule has 10 unspecified atom stereocenters. The molecular formula is C26H28O12. The molecule has 0 aliphatic carbocycles. The van der Waals surface area contributed by atoms with Crippen LogP contribution < -0.4 is 18.9 Å². The van der Waals surface area contributed by atoms with Crippen LogP contribution in [0.25, 0.3) is 0 Å². The van der Waals surface area contributed by atoms with Gasteiger partial charge >= 0.3 is 0 Å². The molecule has 0 bridgehead atoms. The van der Waals surface area contributed by atoms with E-state index >= 15 is 0 Å². The van der Waals surface area contributed by atoms with Crippen molar-refractivity contribution in [3.8, 4) is 23.0 Å². The third-order valence-corrected chi connectivity index (χ3v) is 7.86. The zero-order chi connectivity index (χ0) is 26.0. The topological polar surface area (TPSA) is 155 Å². The second-order valence-electron chi connectivity index (χ2n) is 9.98. The molecule has 0 aromatic heterocycles. The fourth-order valence-corrected chi connectivity index (χ4v) is 5.89. The Bertz CT molecular complexity index is 1130. The van der Waals surface area contributed by atoms with E-state index in [-0.39, 0.29) is 25.4 Å². The number of aliphatic hydroxyl groups excluding tert-OH is 4. The predicted octanol–water partition coefficient (Wildman–Crippen LogP) is 0.362. The van der Waals surface area contributed by atoms with E-state index in [1.165, 1.54) is 0 Å². The standard InChI is InChI=1S/C26H28O12/c27-7-18-20(28)21(29)22(30)26(36-18)38-25-19-13(23(37-25)11-1-3-14-16(5-11)34-9-32-14)8-31-24(19)12-2-4-15-17(6-12)35-10-33-15/h1-6,13,18-30H,7-10H2. The average molecular weight is 532 g/mol. The zero-order valence-corrected chi connectivity index (χ0v) is 20.1. The number of fused-ring (bicyclic) bond motifs is 3. The van der Waals surface area contributed by atoms with Gasteiger partial charge in [-0.1, -0.05) is 12.1 Å². The van der Waals surface area contributed by atoms with Gasteiger partial charge in [-0.3, -0.25) is 0 Å². The highest BCUT2D eigenvalue weighted by atomic mass is 16.8. The highest BCUT2D eigenvalue weighted by Crippen LogP contribution is 2.55. The Kier molecular flexibility index (Phi) is 6.09. The van der Waals surface area contributed by atoms with Gasteiger partial charge in [-0.05, 0) is 35.4 Å². The van der Waals surface area contributed by atoms with Crippen LogP contribution in [0.5, 0.6) is 23.0 Å². The van der Waals surface area contributed by atoms with Gasteiger partial charge in [-0.2, -0.15) is 0 Å². The molecule has 0 saturated carbocycles. The highest BCUT2D eigenvalue weighted by Gasteiger charge is 2.56. The Hall–Kier alpha value is -2.68. The van der Waals surface area contributed by atoms with Gasteiger partial charge in [0.1, 0.15) is 24.4 Å². The minimum absolute atomic E-state index is 0.138. The SMILES string of the molecule is OCC1OC(OC2OC(c3ccc4c(c3)OCO4)C3COC(c4ccc5c(c4)OCO5)C23)C(O)C(O)C1O. The van der Waals surface area contributed by atoms with Crippen molar-refractivity contribution in [1.29, 1.82) is 0 Å². The summed E-state index contributed by atoms with van der Waals surface area (Å²) in [5, 5.41) is 40.7. The summed E-state index contributed by atoms with van der Waals surface area (Å²) in [6.45, 7) is 0.103. The third-order valence-electron chi connectivity index (χ3n) is 7.86. The van der Waals surface area contributed by atoms with Gasteiger partial charge in [0.2, 0.25) is 13.6 Å². The van der Waals surface area contributed by atoms with E-state index < -0.39 is 55.8 Å². The molecule has 5 aliphatic heterocycles. The number of benzene rings is 2. The Morgan fingerprint density at radius 3 is 2.00 bits per heavy atom. The fourth-order valence-electron chi connectivity index (χ4n) is 5.89. The van der Waals surface area contributed by atoms with Crippen LogP contribution in [-0.4, -0.2) is 84.2 Å². The summed E-state index contributed by atoms with van der Waals surface area (Å²) in [5.41, 5.74) is 1.69. The van der Waals surface area contributed by atoms with Crippen LogP contribution >= 0.6 is 0 Å². The van der Waals surface area contributed by atoms with Crippen molar-refractivity contribution >= 4 is 0 Å². The lowest BCUT2D eigenvalue weighted by Crippen LogP contribution is -2.60. The van der Waals surface area contributed by atoms with Crippen molar-refractivity contribution < 1.29 is 58.3 Å². The van der Waals surface area contributed by atoms with E-state index in [0.29, 0.717) is 29.6 Å². The van der Waals surface area contributed by atoms with Crippen molar-refractivity contribution in [3.05, 3.63) is 47.5 Å². The zero-order valence-electron chi connectivity index (χ0n) is 20.1. The van der Waals surface area contributed by atoms with Crippen LogP contribution in [0.4, 0.5) is 0 Å². The third kappa shape index (κ3) is 3.91. The molecule has 7 rings (SSSR count). The second kappa shape index (κ2) is 9.50. The number of ether oxygens (including phenoxy) is 8. The van der Waals surface area contributed by atoms with Gasteiger partial charge in [0.15, 0.2) is 35.6 Å². The van der Waals surface area contributed by atoms with Gasteiger partial charge in [0.25, 0.3) is 0 Å². The van der Waals surface area contributed by atoms with Crippen LogP contribution in [-0.2, 0) is 18.9 Å². The summed E-state index contributed by atoms with van der Waals surface area (Å²) in [4.78, 5) is 0. The van der Waals surface area contributed by atoms with Gasteiger partial charge < -0.3 is 58.3 Å². The molecule has 5 aliphatic rings. The fraction of sp³-hybridized carbons (Fsp3) is 0.538. The summed E-state index contributed by atoms with van der Waals surface area (Å²) in [6.07, 6.45) is -8.90. The summed E-state index contributed by atoms with van der Waals surface area (Å²) in [5.74, 6) is 2.06. The van der Waals surface area contributed by atoms with Crippen LogP contribution in [0, 0.1) is 11.8 Å². The maximum absolute atomic E-state index is 10.6. The number of hydrogen-bond acceptors (Lipinski definition) is 12. The Morgan fingerprint density at radius 2 is 1.34 bits per heavy atom. The van der Waals surface area contributed by atoms with Gasteiger partial charge in [-0.15, -0.1) is 0 Å². The number of aliphatic hydroxyl groups is 4. The van der Waals surface area contributed by atoms with E-state index in [4.69, 9.17) is 37.9 Å². The minimum atomic E-state index is -1.57. The van der Waals surface area contributed by atoms with Gasteiger partial charge in [-0.25, -0.2) is 0 Å². The highest BCUT2D eigenvalue weighted by molar-refractivity contribution is 5.47. The molecule has 3 saturated heterocycles. The number of rotatable bonds is 5. The van der Waals surface area contributed by atoms with Crippen molar-refractivity contribution in [2.45, 2.75) is 49.2 Å². The first kappa shape index (κ1) is 24.4. The molecule has 3 fully saturated rings. The summed E-state index contributed by atoms with van der Waals surface area (Å²) < 4.78 is 46.5. The molecule has 2 aromatic carbocycles. The van der Waals surface area contributed by atoms with E-state index in [1.807, 2.05) is 36.4 Å². The van der Waals surface area contributed by atoms with Crippen molar-refractivity contribution in [2.75, 3.05) is 26.8 Å². The molecule has 10 atom stereocenters. The first-order valence-electron chi connectivity index (χ1n) is 12.5. The van der Waals surface area contributed by atoms with Crippen molar-refractivity contribution in [2.24, 2.45) is 11.8 Å². The Morgan fingerprint density at radius 1 is 0.711 bits per heavy atom. The van der Waals surface area contributed by atoms with Crippen LogP contribution in [0.1, 0.15) is 23.3 Å². The summed E-state index contributed by atoms with van der Waals surface area (Å²) >= 11 is 0. The first-order valence-corrected chi connectivity index (χ1v) is 12.5. The lowest BCUT2D eigenvalue weighted by atomic mass is 9.84. The maximum Gasteiger partial charge on any atom is 0.231 e. The van der Waals surface area contributed by atoms with Crippen LogP contribution in [0.2, 0.25) is 0 Å². The van der Waals surface area contributed by atoms with E-state index in [1.54, 1.807) is 0 Å². The molecule has 12 heteroatoms. The van der Waals surface area contributed by atoms with E-state index in [2.05, 4.69) is 0 Å². The second-order valence-corrected chi connectivity index (χ2v) is 9.98. The summed E-state index contributed by atoms with van der Waals surface area (Å²) in [7, 11) is 0. The molecular weight excluding hydrogens is 504 g/mol. The molecule has 0 amide bonds. The predicted molar refractivity (Wildman–Crippen MR) is 123 cm³/mol. The largest absolute Gasteiger partial charge is 0.454 e. The van der Waals surface area contributed by atoms with Gasteiger partial charge in [0.05, 0.1) is 25.4 Å². The molecule has 0 radical (unpaired) electrons. The lowest BCUT2D eigenvalue weighted by molar-refractivity contribution is -0.341. The maximum atomic E-state index is 10.6. The van der Waals surface area contributed by atoms with Crippen LogP contribution in [0.15, 0.2) is 36.4 Å². The minimum Gasteiger partial charge on any atom is -0.454 e. The normalized spacial score (nSPS) is 38.9. The average Bonchev–Trinajstić information content (AvgIpc) is 3.72. The smallest absolute Gasteiger partial charge is 0.231 e. The molecule has 5 heterocycles. The summed E-state index contributed by atoms with van der Waals surface area (Å²) in [6, 6.07) is 11.2. The van der Waals surface area contributed by atoms with Crippen molar-refractivity contribution in [3.63, 3.8) is 0 Å². The van der Waals surface area contributed by atoms with Crippen LogP contribution in [0.3, 0.4) is 0 Å². The molecule has 38 heavy (non-hydrogen) atoms. The Labute approximate surface area is 217 Å². The quantitative estimate of drug-likeness (QED) is 0.420. The first-order chi connectivity index (χ1) is 18.5. The monoisotopic (exact) mass is 532 g/mol. The molecule has 204 valence electrons. The van der Waals surface area contributed by atoms with E-state index in [9.17, 15) is 20.4 Å². The van der Waals surface area contributed by atoms with Gasteiger partial charge in [0, 0.05) is 11.8 Å². The molecule has 4 N–H and O–H groups in total. The number of hydrogen-bond donors (Lipinski definition) is 4.